The fraction of sp³-hybridized carbons (Fsp3) is 0.724. The van der Waals surface area contributed by atoms with E-state index in [9.17, 15) is 19.5 Å². The van der Waals surface area contributed by atoms with Crippen molar-refractivity contribution in [2.75, 3.05) is 13.7 Å². The maximum atomic E-state index is 13.9. The molecule has 9 atom stereocenters. The molecule has 4 aliphatic carbocycles. The molecule has 8 heteroatoms. The maximum absolute atomic E-state index is 13.9. The standard InChI is InChI=1S/C29H40ClNO6/c1-7-23(34)36-15-22(33)29(37-24(35)8-2)16(3)11-19-25-20(30)13-17-12-18(31-6)9-10-27(17,4)26(25)21(32)14-28(19,29)5/h9-10,12,16,19-21,25-26,32H,7-8,11,13-15H2,1-6H3/t16-,19+,20-,21+,25-,26+,27+,28+,29-/m1/s1. The number of ether oxygens (including phenoxy) is 2. The van der Waals surface area contributed by atoms with Crippen molar-refractivity contribution in [3.8, 4) is 0 Å². The first-order chi connectivity index (χ1) is 17.4. The fourth-order valence-corrected chi connectivity index (χ4v) is 8.68. The van der Waals surface area contributed by atoms with Gasteiger partial charge in [0, 0.05) is 47.9 Å². The van der Waals surface area contributed by atoms with Gasteiger partial charge in [-0.25, -0.2) is 0 Å². The molecule has 0 amide bonds. The summed E-state index contributed by atoms with van der Waals surface area (Å²) in [6.07, 6.45) is 7.28. The number of hydrogen-bond acceptors (Lipinski definition) is 7. The van der Waals surface area contributed by atoms with Gasteiger partial charge in [-0.3, -0.25) is 19.4 Å². The van der Waals surface area contributed by atoms with Gasteiger partial charge in [-0.1, -0.05) is 46.3 Å². The molecule has 4 aliphatic rings. The van der Waals surface area contributed by atoms with Gasteiger partial charge in [-0.15, -0.1) is 11.6 Å². The van der Waals surface area contributed by atoms with Gasteiger partial charge in [0.1, 0.15) is 0 Å². The second-order valence-electron chi connectivity index (χ2n) is 11.7. The average Bonchev–Trinajstić information content (AvgIpc) is 3.08. The van der Waals surface area contributed by atoms with Crippen LogP contribution in [0.3, 0.4) is 0 Å². The van der Waals surface area contributed by atoms with Gasteiger partial charge in [-0.2, -0.15) is 0 Å². The van der Waals surface area contributed by atoms with E-state index in [1.54, 1.807) is 20.9 Å². The Bertz CT molecular complexity index is 1070. The third-order valence-electron chi connectivity index (χ3n) is 9.92. The van der Waals surface area contributed by atoms with Crippen molar-refractivity contribution >= 4 is 35.0 Å². The molecule has 0 spiro atoms. The molecule has 3 saturated carbocycles. The number of alkyl halides is 1. The van der Waals surface area contributed by atoms with Crippen LogP contribution in [0.15, 0.2) is 28.8 Å². The molecule has 0 unspecified atom stereocenters. The van der Waals surface area contributed by atoms with Gasteiger partial charge >= 0.3 is 11.9 Å². The SMILES string of the molecule is CCC(=O)OCC(=O)[C@]1(OC(=O)CC)[C@H](C)C[C@H]2[C@H]3[C@H]([C@@H](O)C[C@@]21C)[C@@]1(C)C=CC(=NC)C=C1C[C@H]3Cl. The average molecular weight is 534 g/mol. The molecule has 4 rings (SSSR count). The minimum absolute atomic E-state index is 0.0677. The predicted octanol–water partition coefficient (Wildman–Crippen LogP) is 4.44. The molecule has 0 aromatic rings. The molecule has 0 heterocycles. The van der Waals surface area contributed by atoms with Crippen molar-refractivity contribution in [1.29, 1.82) is 0 Å². The monoisotopic (exact) mass is 533 g/mol. The molecule has 204 valence electrons. The van der Waals surface area contributed by atoms with Crippen LogP contribution in [-0.4, -0.2) is 59.3 Å². The number of ketones is 1. The molecule has 0 aliphatic heterocycles. The zero-order chi connectivity index (χ0) is 27.3. The lowest BCUT2D eigenvalue weighted by Crippen LogP contribution is -2.65. The molecule has 7 nitrogen and oxygen atoms in total. The normalized spacial score (nSPS) is 43.4. The third-order valence-corrected chi connectivity index (χ3v) is 10.4. The van der Waals surface area contributed by atoms with Gasteiger partial charge < -0.3 is 14.6 Å². The number of carbonyl (C=O) groups is 3. The number of halogens is 1. The van der Waals surface area contributed by atoms with Crippen LogP contribution in [0, 0.1) is 34.5 Å². The Hall–Kier alpha value is -1.99. The van der Waals surface area contributed by atoms with E-state index in [0.29, 0.717) is 12.8 Å². The third kappa shape index (κ3) is 4.12. The molecule has 0 aromatic heterocycles. The van der Waals surface area contributed by atoms with E-state index in [1.165, 1.54) is 0 Å². The Morgan fingerprint density at radius 2 is 1.86 bits per heavy atom. The van der Waals surface area contributed by atoms with Crippen molar-refractivity contribution in [2.45, 2.75) is 83.8 Å². The highest BCUT2D eigenvalue weighted by Crippen LogP contribution is 2.69. The van der Waals surface area contributed by atoms with E-state index in [0.717, 1.165) is 11.3 Å². The number of aliphatic imine (C=N–C) groups is 1. The Balaban J connectivity index is 1.79. The number of rotatable bonds is 6. The number of Topliss-reactive ketones (excluding diaryl/α,β-unsaturated/α-hetero) is 1. The summed E-state index contributed by atoms with van der Waals surface area (Å²) in [5, 5.41) is 11.6. The highest BCUT2D eigenvalue weighted by atomic mass is 35.5. The lowest BCUT2D eigenvalue weighted by Gasteiger charge is -2.61. The predicted molar refractivity (Wildman–Crippen MR) is 141 cm³/mol. The Labute approximate surface area is 224 Å². The molecule has 0 saturated heterocycles. The van der Waals surface area contributed by atoms with Crippen LogP contribution in [-0.2, 0) is 23.9 Å². The van der Waals surface area contributed by atoms with Crippen LogP contribution in [0.1, 0.15) is 66.7 Å². The van der Waals surface area contributed by atoms with Crippen LogP contribution >= 0.6 is 11.6 Å². The Morgan fingerprint density at radius 3 is 2.49 bits per heavy atom. The number of nitrogens with zero attached hydrogens (tertiary/aromatic N) is 1. The number of fused-ring (bicyclic) bond motifs is 5. The number of aliphatic hydroxyl groups excluding tert-OH is 1. The van der Waals surface area contributed by atoms with E-state index >= 15 is 0 Å². The molecular formula is C29H40ClNO6. The minimum atomic E-state index is -1.51. The smallest absolute Gasteiger partial charge is 0.306 e. The summed E-state index contributed by atoms with van der Waals surface area (Å²) in [5.41, 5.74) is -0.718. The summed E-state index contributed by atoms with van der Waals surface area (Å²) in [6.45, 7) is 8.94. The first-order valence-corrected chi connectivity index (χ1v) is 13.9. The zero-order valence-electron chi connectivity index (χ0n) is 22.8. The van der Waals surface area contributed by atoms with E-state index in [2.05, 4.69) is 24.1 Å². The largest absolute Gasteiger partial charge is 0.457 e. The summed E-state index contributed by atoms with van der Waals surface area (Å²) in [4.78, 5) is 42.9. The molecule has 0 aromatic carbocycles. The fourth-order valence-electron chi connectivity index (χ4n) is 8.19. The second-order valence-corrected chi connectivity index (χ2v) is 12.3. The van der Waals surface area contributed by atoms with Crippen molar-refractivity contribution in [2.24, 2.45) is 39.5 Å². The molecule has 1 N–H and O–H groups in total. The Morgan fingerprint density at radius 1 is 1.19 bits per heavy atom. The lowest BCUT2D eigenvalue weighted by atomic mass is 9.46. The minimum Gasteiger partial charge on any atom is -0.457 e. The van der Waals surface area contributed by atoms with Crippen LogP contribution < -0.4 is 0 Å². The summed E-state index contributed by atoms with van der Waals surface area (Å²) in [6, 6.07) is 0. The molecule has 37 heavy (non-hydrogen) atoms. The summed E-state index contributed by atoms with van der Waals surface area (Å²) >= 11 is 7.15. The van der Waals surface area contributed by atoms with Gasteiger partial charge in [0.05, 0.1) is 11.8 Å². The van der Waals surface area contributed by atoms with Crippen molar-refractivity contribution < 1.29 is 29.0 Å². The van der Waals surface area contributed by atoms with Crippen LogP contribution in [0.2, 0.25) is 0 Å². The quantitative estimate of drug-likeness (QED) is 0.400. The van der Waals surface area contributed by atoms with Crippen LogP contribution in [0.5, 0.6) is 0 Å². The van der Waals surface area contributed by atoms with Crippen molar-refractivity contribution in [3.63, 3.8) is 0 Å². The van der Waals surface area contributed by atoms with Crippen LogP contribution in [0.25, 0.3) is 0 Å². The first kappa shape index (κ1) is 28.0. The number of esters is 2. The van der Waals surface area contributed by atoms with E-state index in [1.807, 2.05) is 19.9 Å². The summed E-state index contributed by atoms with van der Waals surface area (Å²) in [5.74, 6) is -2.04. The van der Waals surface area contributed by atoms with Crippen LogP contribution in [0.4, 0.5) is 0 Å². The highest BCUT2D eigenvalue weighted by Gasteiger charge is 2.73. The summed E-state index contributed by atoms with van der Waals surface area (Å²) < 4.78 is 11.4. The molecule has 0 bridgehead atoms. The van der Waals surface area contributed by atoms with E-state index < -0.39 is 41.4 Å². The van der Waals surface area contributed by atoms with Gasteiger partial charge in [0.15, 0.2) is 12.2 Å². The van der Waals surface area contributed by atoms with E-state index in [-0.39, 0.29) is 53.7 Å². The van der Waals surface area contributed by atoms with Gasteiger partial charge in [-0.05, 0) is 43.3 Å². The number of allylic oxidation sites excluding steroid dienone is 4. The maximum Gasteiger partial charge on any atom is 0.306 e. The van der Waals surface area contributed by atoms with Crippen molar-refractivity contribution in [3.05, 3.63) is 23.8 Å². The van der Waals surface area contributed by atoms with Gasteiger partial charge in [0.2, 0.25) is 5.78 Å². The number of carbonyl (C=O) groups excluding carboxylic acids is 3. The molecule has 0 radical (unpaired) electrons. The first-order valence-electron chi connectivity index (χ1n) is 13.5. The second kappa shape index (κ2) is 9.96. The topological polar surface area (TPSA) is 102 Å². The van der Waals surface area contributed by atoms with E-state index in [4.69, 9.17) is 21.1 Å². The highest BCUT2D eigenvalue weighted by molar-refractivity contribution is 6.21. The van der Waals surface area contributed by atoms with Gasteiger partial charge in [0.25, 0.3) is 0 Å². The summed E-state index contributed by atoms with van der Waals surface area (Å²) in [7, 11) is 1.76. The zero-order valence-corrected chi connectivity index (χ0v) is 23.5. The van der Waals surface area contributed by atoms with Crippen molar-refractivity contribution in [1.82, 2.24) is 0 Å². The number of hydrogen-bond donors (Lipinski definition) is 1. The number of aliphatic hydroxyl groups is 1. The molecular weight excluding hydrogens is 494 g/mol. The lowest BCUT2D eigenvalue weighted by molar-refractivity contribution is -0.205. The Kier molecular flexibility index (Phi) is 7.54. The molecule has 3 fully saturated rings.